The molecule has 0 heterocycles. The van der Waals surface area contributed by atoms with Crippen molar-refractivity contribution < 1.29 is 24.5 Å². The molecule has 0 unspecified atom stereocenters. The third kappa shape index (κ3) is 56.4. The molecule has 3 heteroatoms. The van der Waals surface area contributed by atoms with Crippen LogP contribution in [0.5, 0.6) is 0 Å². The molecule has 0 saturated carbocycles. The van der Waals surface area contributed by atoms with Crippen LogP contribution in [-0.2, 0) is 19.8 Å². The van der Waals surface area contributed by atoms with Gasteiger partial charge in [-0.2, -0.15) is 0 Å². The van der Waals surface area contributed by atoms with E-state index in [1.54, 1.807) is 0 Å². The Balaban J connectivity index is -0.00000000500. The summed E-state index contributed by atoms with van der Waals surface area (Å²) in [6.07, 6.45) is 0. The first kappa shape index (κ1) is 28.7. The van der Waals surface area contributed by atoms with Crippen molar-refractivity contribution in [2.45, 2.75) is 7.43 Å². The summed E-state index contributed by atoms with van der Waals surface area (Å²) >= 11 is 2.00. The molecule has 0 rings (SSSR count). The van der Waals surface area contributed by atoms with Crippen molar-refractivity contribution in [1.29, 1.82) is 0 Å². The molecule has 0 N–H and O–H groups in total. The van der Waals surface area contributed by atoms with Gasteiger partial charge in [0, 0.05) is 0 Å². The van der Waals surface area contributed by atoms with E-state index in [9.17, 15) is 0 Å². The van der Waals surface area contributed by atoms with Crippen LogP contribution >= 0.6 is 0 Å². The Bertz CT molecular complexity index is 8.00. The third-order valence-electron chi connectivity index (χ3n) is 0. The quantitative estimate of drug-likeness (QED) is 0.416. The molecule has 0 aromatic heterocycles. The van der Waals surface area contributed by atoms with Gasteiger partial charge in [0.05, 0.1) is 0 Å². The van der Waals surface area contributed by atoms with Gasteiger partial charge in [0.1, 0.15) is 0 Å². The van der Waals surface area contributed by atoms with E-state index in [4.69, 9.17) is 3.83 Å². The van der Waals surface area contributed by atoms with Crippen molar-refractivity contribution in [2.75, 3.05) is 0 Å². The van der Waals surface area contributed by atoms with Crippen LogP contribution in [0.25, 0.3) is 0 Å². The molecule has 0 fully saturated rings. The first-order valence-corrected chi connectivity index (χ1v) is 0.595. The Kier molecular flexibility index (Phi) is 1900. The zero-order valence-corrected chi connectivity index (χ0v) is 2.27. The van der Waals surface area contributed by atoms with Gasteiger partial charge < -0.3 is 0 Å². The van der Waals surface area contributed by atoms with Crippen molar-refractivity contribution in [2.24, 2.45) is 0 Å². The molecular weight excluding hydrogens is 103 g/mol. The Morgan fingerprint density at radius 1 is 1.25 bits per heavy atom. The molecule has 0 aromatic carbocycles. The van der Waals surface area contributed by atoms with Crippen LogP contribution in [0.1, 0.15) is 7.43 Å². The molecule has 0 aliphatic carbocycles. The van der Waals surface area contributed by atoms with Gasteiger partial charge >= 0.3 is 19.8 Å². The summed E-state index contributed by atoms with van der Waals surface area (Å²) in [4.78, 5) is 0. The first-order chi connectivity index (χ1) is 1.00. The minimum atomic E-state index is 0. The second-order valence-electron chi connectivity index (χ2n) is 0. The van der Waals surface area contributed by atoms with Crippen LogP contribution in [0.2, 0.25) is 0 Å². The van der Waals surface area contributed by atoms with E-state index in [-0.39, 0.29) is 12.1 Å². The molecule has 4 heavy (non-hydrogen) atoms. The Labute approximate surface area is 32.8 Å². The normalized spacial score (nSPS) is 1.25. The average Bonchev–Trinajstić information content (AvgIpc) is 1.00. The van der Waals surface area contributed by atoms with Crippen molar-refractivity contribution >= 4 is 0 Å². The van der Waals surface area contributed by atoms with Crippen molar-refractivity contribution in [1.82, 2.24) is 0 Å². The van der Waals surface area contributed by atoms with Crippen LogP contribution in [0.4, 0.5) is 4.70 Å². The van der Waals surface area contributed by atoms with Crippen LogP contribution in [0, 0.1) is 0 Å². The van der Waals surface area contributed by atoms with Crippen LogP contribution in [0.3, 0.4) is 0 Å². The van der Waals surface area contributed by atoms with Gasteiger partial charge in [-0.05, 0) is 0 Å². The SMILES string of the molecule is C.F.[O]=[Fe]. The second kappa shape index (κ2) is 264. The van der Waals surface area contributed by atoms with E-state index in [2.05, 4.69) is 0 Å². The Hall–Kier alpha value is 0.249. The van der Waals surface area contributed by atoms with Gasteiger partial charge in [-0.1, -0.05) is 7.43 Å². The molecular formula is CH5FFeO. The molecule has 0 radical (unpaired) electrons. The van der Waals surface area contributed by atoms with E-state index >= 15 is 0 Å². The fraction of sp³-hybridized carbons (Fsp3) is 1.00. The van der Waals surface area contributed by atoms with Gasteiger partial charge in [0.25, 0.3) is 0 Å². The van der Waals surface area contributed by atoms with E-state index in [1.807, 2.05) is 15.9 Å². The fourth-order valence-electron chi connectivity index (χ4n) is 0. The number of hydrogen-bond acceptors (Lipinski definition) is 1. The predicted octanol–water partition coefficient (Wildman–Crippen LogP) is 0.667. The summed E-state index contributed by atoms with van der Waals surface area (Å²) in [5, 5.41) is 0. The van der Waals surface area contributed by atoms with Gasteiger partial charge in [-0.3, -0.25) is 4.70 Å². The second-order valence-corrected chi connectivity index (χ2v) is 0. The van der Waals surface area contributed by atoms with Gasteiger partial charge in [-0.25, -0.2) is 0 Å². The van der Waals surface area contributed by atoms with Gasteiger partial charge in [0.2, 0.25) is 0 Å². The number of hydrogen-bond donors (Lipinski definition) is 0. The monoisotopic (exact) mass is 108 g/mol. The van der Waals surface area contributed by atoms with Crippen molar-refractivity contribution in [3.63, 3.8) is 0 Å². The average molecular weight is 108 g/mol. The van der Waals surface area contributed by atoms with E-state index < -0.39 is 0 Å². The van der Waals surface area contributed by atoms with E-state index in [0.717, 1.165) is 0 Å². The minimum absolute atomic E-state index is 0. The standard InChI is InChI=1S/CH4.FH.Fe.O/h1H4;1H;;. The molecule has 0 bridgehead atoms. The third-order valence-corrected chi connectivity index (χ3v) is 0. The molecule has 0 saturated heterocycles. The molecule has 1 nitrogen and oxygen atoms in total. The zero-order chi connectivity index (χ0) is 2.00. The summed E-state index contributed by atoms with van der Waals surface area (Å²) in [7, 11) is 0. The molecule has 0 spiro atoms. The fourth-order valence-corrected chi connectivity index (χ4v) is 0. The predicted molar refractivity (Wildman–Crippen MR) is 9.92 cm³/mol. The molecule has 0 amide bonds. The summed E-state index contributed by atoms with van der Waals surface area (Å²) in [6, 6.07) is 0. The van der Waals surface area contributed by atoms with Crippen LogP contribution in [0.15, 0.2) is 0 Å². The van der Waals surface area contributed by atoms with Crippen LogP contribution < -0.4 is 0 Å². The van der Waals surface area contributed by atoms with Crippen LogP contribution in [-0.4, -0.2) is 0 Å². The first-order valence-electron chi connectivity index (χ1n) is 0.144. The van der Waals surface area contributed by atoms with Gasteiger partial charge in [0.15, 0.2) is 0 Å². The molecule has 0 atom stereocenters. The van der Waals surface area contributed by atoms with E-state index in [0.29, 0.717) is 0 Å². The summed E-state index contributed by atoms with van der Waals surface area (Å²) in [5.74, 6) is 0. The van der Waals surface area contributed by atoms with E-state index in [1.165, 1.54) is 0 Å². The maximum absolute atomic E-state index is 8.00. The molecule has 0 aromatic rings. The van der Waals surface area contributed by atoms with Crippen molar-refractivity contribution in [3.8, 4) is 0 Å². The number of rotatable bonds is 0. The molecule has 0 aliphatic rings. The Morgan fingerprint density at radius 3 is 1.25 bits per heavy atom. The van der Waals surface area contributed by atoms with Gasteiger partial charge in [-0.15, -0.1) is 0 Å². The topological polar surface area (TPSA) is 17.1 Å². The molecule has 30 valence electrons. The van der Waals surface area contributed by atoms with Crippen molar-refractivity contribution in [3.05, 3.63) is 0 Å². The zero-order valence-electron chi connectivity index (χ0n) is 1.17. The molecule has 0 aliphatic heterocycles. The number of halogens is 1. The summed E-state index contributed by atoms with van der Waals surface area (Å²) < 4.78 is 8.00. The summed E-state index contributed by atoms with van der Waals surface area (Å²) in [5.41, 5.74) is 0. The summed E-state index contributed by atoms with van der Waals surface area (Å²) in [6.45, 7) is 0. The maximum atomic E-state index is 8.00. The Morgan fingerprint density at radius 2 is 1.25 bits per heavy atom.